The number of aromatic nitrogens is 1. The molecule has 0 radical (unpaired) electrons. The van der Waals surface area contributed by atoms with Crippen molar-refractivity contribution in [2.45, 2.75) is 6.54 Å². The standard InChI is InChI=1S/C15H11N/c1-2-6-13-11(4-1)7-8-15-14(13)10-12-5-3-9-16(12)15/h1-8,10H,9H2. The summed E-state index contributed by atoms with van der Waals surface area (Å²) in [4.78, 5) is 0. The average molecular weight is 205 g/mol. The molecule has 1 heteroatoms. The fraction of sp³-hybridized carbons (Fsp3) is 0.0667. The van der Waals surface area contributed by atoms with E-state index >= 15 is 0 Å². The van der Waals surface area contributed by atoms with E-state index in [9.17, 15) is 0 Å². The molecule has 0 unspecified atom stereocenters. The first-order valence-electron chi connectivity index (χ1n) is 5.61. The van der Waals surface area contributed by atoms with Crippen molar-refractivity contribution < 1.29 is 0 Å². The first-order chi connectivity index (χ1) is 7.93. The largest absolute Gasteiger partial charge is 0.337 e. The Morgan fingerprint density at radius 3 is 2.88 bits per heavy atom. The van der Waals surface area contributed by atoms with E-state index in [0.717, 1.165) is 6.54 Å². The van der Waals surface area contributed by atoms with Crippen LogP contribution in [0, 0.1) is 0 Å². The van der Waals surface area contributed by atoms with E-state index < -0.39 is 0 Å². The summed E-state index contributed by atoms with van der Waals surface area (Å²) >= 11 is 0. The summed E-state index contributed by atoms with van der Waals surface area (Å²) in [6.07, 6.45) is 4.42. The SMILES string of the molecule is C1=Cc2cc3c4ccccc4ccc3n2C1. The molecule has 0 atom stereocenters. The normalized spacial score (nSPS) is 13.8. The molecule has 1 aliphatic heterocycles. The van der Waals surface area contributed by atoms with Crippen LogP contribution in [-0.2, 0) is 6.54 Å². The van der Waals surface area contributed by atoms with Crippen LogP contribution in [0.1, 0.15) is 5.69 Å². The zero-order valence-electron chi connectivity index (χ0n) is 8.85. The number of allylic oxidation sites excluding steroid dienone is 1. The highest BCUT2D eigenvalue weighted by atomic mass is 15.0. The van der Waals surface area contributed by atoms with Gasteiger partial charge in [0.1, 0.15) is 0 Å². The molecule has 0 saturated carbocycles. The van der Waals surface area contributed by atoms with E-state index in [0.29, 0.717) is 0 Å². The van der Waals surface area contributed by atoms with Crippen LogP contribution in [0.3, 0.4) is 0 Å². The molecular formula is C15H11N. The summed E-state index contributed by atoms with van der Waals surface area (Å²) in [5.41, 5.74) is 2.67. The van der Waals surface area contributed by atoms with E-state index in [4.69, 9.17) is 0 Å². The maximum absolute atomic E-state index is 2.36. The van der Waals surface area contributed by atoms with Crippen LogP contribution in [0.15, 0.2) is 48.5 Å². The van der Waals surface area contributed by atoms with E-state index in [-0.39, 0.29) is 0 Å². The Morgan fingerprint density at radius 2 is 1.88 bits per heavy atom. The number of rotatable bonds is 0. The first kappa shape index (κ1) is 8.17. The number of benzene rings is 2. The maximum Gasteiger partial charge on any atom is 0.0494 e. The van der Waals surface area contributed by atoms with Gasteiger partial charge in [-0.05, 0) is 29.0 Å². The van der Waals surface area contributed by atoms with Crippen LogP contribution < -0.4 is 0 Å². The summed E-state index contributed by atoms with van der Waals surface area (Å²) in [6.45, 7) is 1.01. The van der Waals surface area contributed by atoms with Crippen molar-refractivity contribution in [2.24, 2.45) is 0 Å². The number of hydrogen-bond donors (Lipinski definition) is 0. The van der Waals surface area contributed by atoms with Gasteiger partial charge in [-0.25, -0.2) is 0 Å². The molecule has 0 spiro atoms. The Morgan fingerprint density at radius 1 is 0.938 bits per heavy atom. The molecule has 0 fully saturated rings. The molecule has 4 rings (SSSR count). The molecule has 0 saturated heterocycles. The smallest absolute Gasteiger partial charge is 0.0494 e. The number of fused-ring (bicyclic) bond motifs is 5. The van der Waals surface area contributed by atoms with E-state index in [1.165, 1.54) is 27.4 Å². The van der Waals surface area contributed by atoms with Crippen molar-refractivity contribution in [3.05, 3.63) is 54.2 Å². The van der Waals surface area contributed by atoms with Crippen molar-refractivity contribution >= 4 is 27.8 Å². The highest BCUT2D eigenvalue weighted by molar-refractivity contribution is 6.07. The third kappa shape index (κ3) is 0.904. The molecule has 2 aromatic carbocycles. The van der Waals surface area contributed by atoms with Gasteiger partial charge >= 0.3 is 0 Å². The quantitative estimate of drug-likeness (QED) is 0.525. The zero-order valence-corrected chi connectivity index (χ0v) is 8.85. The second-order valence-electron chi connectivity index (χ2n) is 4.30. The van der Waals surface area contributed by atoms with Crippen molar-refractivity contribution in [2.75, 3.05) is 0 Å². The highest BCUT2D eigenvalue weighted by Gasteiger charge is 2.11. The fourth-order valence-electron chi connectivity index (χ4n) is 2.66. The number of nitrogens with zero attached hydrogens (tertiary/aromatic N) is 1. The Hall–Kier alpha value is -2.02. The van der Waals surface area contributed by atoms with Crippen LogP contribution >= 0.6 is 0 Å². The van der Waals surface area contributed by atoms with Gasteiger partial charge in [0, 0.05) is 23.1 Å². The van der Waals surface area contributed by atoms with Gasteiger partial charge in [-0.1, -0.05) is 36.4 Å². The molecule has 16 heavy (non-hydrogen) atoms. The Labute approximate surface area is 93.6 Å². The summed E-state index contributed by atoms with van der Waals surface area (Å²) < 4.78 is 2.36. The minimum absolute atomic E-state index is 1.01. The van der Waals surface area contributed by atoms with Gasteiger partial charge in [0.05, 0.1) is 0 Å². The molecule has 0 N–H and O–H groups in total. The maximum atomic E-state index is 2.36. The average Bonchev–Trinajstić information content (AvgIpc) is 2.88. The van der Waals surface area contributed by atoms with Gasteiger partial charge in [0.2, 0.25) is 0 Å². The molecule has 0 amide bonds. The zero-order chi connectivity index (χ0) is 10.5. The van der Waals surface area contributed by atoms with Gasteiger partial charge in [-0.15, -0.1) is 0 Å². The first-order valence-corrected chi connectivity index (χ1v) is 5.61. The van der Waals surface area contributed by atoms with Gasteiger partial charge in [-0.3, -0.25) is 0 Å². The number of hydrogen-bond acceptors (Lipinski definition) is 0. The minimum atomic E-state index is 1.01. The van der Waals surface area contributed by atoms with Crippen LogP contribution in [0.2, 0.25) is 0 Å². The Kier molecular flexibility index (Phi) is 1.41. The Balaban J connectivity index is 2.26. The topological polar surface area (TPSA) is 4.93 Å². The van der Waals surface area contributed by atoms with E-state index in [1.807, 2.05) is 0 Å². The lowest BCUT2D eigenvalue weighted by Crippen LogP contribution is -1.90. The van der Waals surface area contributed by atoms with Gasteiger partial charge < -0.3 is 4.57 Å². The Bertz CT molecular complexity index is 732. The van der Waals surface area contributed by atoms with Crippen molar-refractivity contribution in [3.63, 3.8) is 0 Å². The lowest BCUT2D eigenvalue weighted by molar-refractivity contribution is 0.883. The van der Waals surface area contributed by atoms with Crippen molar-refractivity contribution in [3.8, 4) is 0 Å². The van der Waals surface area contributed by atoms with Gasteiger partial charge in [-0.2, -0.15) is 0 Å². The second kappa shape index (κ2) is 2.76. The predicted octanol–water partition coefficient (Wildman–Crippen LogP) is 3.82. The second-order valence-corrected chi connectivity index (χ2v) is 4.30. The molecule has 3 aromatic rings. The summed E-state index contributed by atoms with van der Waals surface area (Å²) in [6, 6.07) is 15.3. The summed E-state index contributed by atoms with van der Waals surface area (Å²) in [7, 11) is 0. The van der Waals surface area contributed by atoms with Gasteiger partial charge in [0.15, 0.2) is 0 Å². The summed E-state index contributed by atoms with van der Waals surface area (Å²) in [5, 5.41) is 4.05. The molecular weight excluding hydrogens is 194 g/mol. The molecule has 1 aliphatic rings. The fourth-order valence-corrected chi connectivity index (χ4v) is 2.66. The molecule has 0 bridgehead atoms. The monoisotopic (exact) mass is 205 g/mol. The minimum Gasteiger partial charge on any atom is -0.337 e. The van der Waals surface area contributed by atoms with E-state index in [1.54, 1.807) is 0 Å². The van der Waals surface area contributed by atoms with Gasteiger partial charge in [0.25, 0.3) is 0 Å². The summed E-state index contributed by atoms with van der Waals surface area (Å²) in [5.74, 6) is 0. The molecule has 0 aliphatic carbocycles. The van der Waals surface area contributed by atoms with Crippen LogP contribution in [0.4, 0.5) is 0 Å². The lowest BCUT2D eigenvalue weighted by atomic mass is 10.1. The third-order valence-corrected chi connectivity index (χ3v) is 3.42. The third-order valence-electron chi connectivity index (χ3n) is 3.42. The lowest BCUT2D eigenvalue weighted by Gasteiger charge is -2.02. The predicted molar refractivity (Wildman–Crippen MR) is 68.5 cm³/mol. The van der Waals surface area contributed by atoms with Crippen LogP contribution in [0.5, 0.6) is 0 Å². The molecule has 2 heterocycles. The highest BCUT2D eigenvalue weighted by Crippen LogP contribution is 2.30. The van der Waals surface area contributed by atoms with Crippen LogP contribution in [-0.4, -0.2) is 4.57 Å². The molecule has 1 aromatic heterocycles. The van der Waals surface area contributed by atoms with E-state index in [2.05, 4.69) is 59.2 Å². The molecule has 76 valence electrons. The van der Waals surface area contributed by atoms with Crippen molar-refractivity contribution in [1.29, 1.82) is 0 Å². The molecule has 1 nitrogen and oxygen atoms in total. The van der Waals surface area contributed by atoms with Crippen molar-refractivity contribution in [1.82, 2.24) is 4.57 Å². The van der Waals surface area contributed by atoms with Crippen LogP contribution in [0.25, 0.3) is 27.8 Å².